The van der Waals surface area contributed by atoms with E-state index in [1.807, 2.05) is 41.4 Å². The van der Waals surface area contributed by atoms with Gasteiger partial charge in [-0.2, -0.15) is 0 Å². The molecular weight excluding hydrogens is 749 g/mol. The van der Waals surface area contributed by atoms with Crippen LogP contribution in [0.25, 0.3) is 44.4 Å². The van der Waals surface area contributed by atoms with Gasteiger partial charge < -0.3 is 45.0 Å². The lowest BCUT2D eigenvalue weighted by Crippen LogP contribution is -2.56. The highest BCUT2D eigenvalue weighted by molar-refractivity contribution is 5.91. The Bertz CT molecular complexity index is 2460. The van der Waals surface area contributed by atoms with Crippen LogP contribution in [0.1, 0.15) is 48.2 Å². The van der Waals surface area contributed by atoms with Crippen LogP contribution in [0.15, 0.2) is 103 Å². The van der Waals surface area contributed by atoms with Crippen LogP contribution in [0, 0.1) is 5.92 Å². The summed E-state index contributed by atoms with van der Waals surface area (Å²) in [7, 11) is 1.29. The number of methoxy groups -OCH3 is 1. The van der Waals surface area contributed by atoms with Gasteiger partial charge in [-0.15, -0.1) is 0 Å². The number of hydrogen-bond acceptors (Lipinski definition) is 9. The third-order valence-corrected chi connectivity index (χ3v) is 11.7. The van der Waals surface area contributed by atoms with E-state index in [1.54, 1.807) is 11.1 Å². The maximum Gasteiger partial charge on any atom is 0.407 e. The predicted octanol–water partition coefficient (Wildman–Crippen LogP) is 5.92. The number of carbonyl (C=O) groups excluding carboxylic acids is 3. The molecule has 59 heavy (non-hydrogen) atoms. The van der Waals surface area contributed by atoms with E-state index in [4.69, 9.17) is 24.9 Å². The molecule has 2 aromatic heterocycles. The van der Waals surface area contributed by atoms with Crippen LogP contribution in [-0.2, 0) is 23.8 Å². The van der Waals surface area contributed by atoms with Crippen LogP contribution in [0.2, 0.25) is 0 Å². The van der Waals surface area contributed by atoms with Crippen molar-refractivity contribution in [3.63, 3.8) is 0 Å². The first-order valence-corrected chi connectivity index (χ1v) is 20.0. The van der Waals surface area contributed by atoms with E-state index in [1.165, 1.54) is 7.11 Å². The van der Waals surface area contributed by atoms with Crippen molar-refractivity contribution in [3.8, 4) is 33.6 Å². The van der Waals surface area contributed by atoms with Crippen LogP contribution in [0.4, 0.5) is 4.79 Å². The number of amides is 3. The van der Waals surface area contributed by atoms with Gasteiger partial charge >= 0.3 is 6.09 Å². The number of nitrogens with one attached hydrogen (secondary N) is 3. The van der Waals surface area contributed by atoms with Gasteiger partial charge in [0.15, 0.2) is 0 Å². The van der Waals surface area contributed by atoms with Crippen molar-refractivity contribution in [2.45, 2.75) is 37.0 Å². The van der Waals surface area contributed by atoms with Gasteiger partial charge in [0.25, 0.3) is 0 Å². The van der Waals surface area contributed by atoms with Gasteiger partial charge in [0, 0.05) is 24.6 Å². The summed E-state index contributed by atoms with van der Waals surface area (Å²) >= 11 is 0. The Balaban J connectivity index is 0.873. The van der Waals surface area contributed by atoms with Crippen LogP contribution in [0.5, 0.6) is 0 Å². The van der Waals surface area contributed by atoms with Gasteiger partial charge in [0.2, 0.25) is 11.8 Å². The molecular formula is C45H46N8O6. The number of ether oxygens (including phenoxy) is 3. The van der Waals surface area contributed by atoms with Gasteiger partial charge in [-0.1, -0.05) is 78.9 Å². The van der Waals surface area contributed by atoms with E-state index >= 15 is 0 Å². The number of benzene rings is 4. The number of nitrogens with two attached hydrogens (primary N) is 1. The van der Waals surface area contributed by atoms with E-state index in [0.29, 0.717) is 45.3 Å². The maximum atomic E-state index is 13.7. The second-order valence-electron chi connectivity index (χ2n) is 15.3. The second kappa shape index (κ2) is 16.5. The molecule has 5 N–H and O–H groups in total. The van der Waals surface area contributed by atoms with Crippen molar-refractivity contribution < 1.29 is 28.6 Å². The molecule has 302 valence electrons. The number of fused-ring (bicyclic) bond motifs is 1. The molecule has 3 amide bonds. The first-order valence-electron chi connectivity index (χ1n) is 20.0. The number of aromatic amines is 2. The molecule has 4 atom stereocenters. The summed E-state index contributed by atoms with van der Waals surface area (Å²) < 4.78 is 15.9. The van der Waals surface area contributed by atoms with Crippen molar-refractivity contribution in [1.82, 2.24) is 35.1 Å². The Kier molecular flexibility index (Phi) is 10.7. The lowest BCUT2D eigenvalue weighted by molar-refractivity contribution is -0.142. The van der Waals surface area contributed by atoms with Crippen molar-refractivity contribution in [2.75, 3.05) is 46.6 Å². The molecule has 14 nitrogen and oxygen atoms in total. The first-order chi connectivity index (χ1) is 28.8. The quantitative estimate of drug-likeness (QED) is 0.131. The number of nitrogens with zero attached hydrogens (tertiary/aromatic N) is 4. The fourth-order valence-corrected chi connectivity index (χ4v) is 8.32. The van der Waals surface area contributed by atoms with Gasteiger partial charge in [-0.25, -0.2) is 14.8 Å². The number of imidazole rings is 2. The molecule has 3 fully saturated rings. The zero-order valence-corrected chi connectivity index (χ0v) is 32.7. The third-order valence-electron chi connectivity index (χ3n) is 11.7. The molecule has 0 bridgehead atoms. The molecule has 9 rings (SSSR count). The molecule has 0 radical (unpaired) electrons. The van der Waals surface area contributed by atoms with E-state index in [2.05, 4.69) is 80.9 Å². The number of alkyl carbamates (subject to hydrolysis) is 1. The summed E-state index contributed by atoms with van der Waals surface area (Å²) in [4.78, 5) is 59.2. The minimum atomic E-state index is -0.763. The Labute approximate surface area is 341 Å². The van der Waals surface area contributed by atoms with Gasteiger partial charge in [-0.05, 0) is 58.0 Å². The Hall–Kier alpha value is -6.35. The molecule has 14 heteroatoms. The van der Waals surface area contributed by atoms with E-state index in [0.717, 1.165) is 68.6 Å². The summed E-state index contributed by atoms with van der Waals surface area (Å²) in [6.07, 6.45) is 4.60. The van der Waals surface area contributed by atoms with E-state index in [9.17, 15) is 14.4 Å². The normalized spacial score (nSPS) is 19.3. The smallest absolute Gasteiger partial charge is 0.407 e. The van der Waals surface area contributed by atoms with Crippen LogP contribution >= 0.6 is 0 Å². The summed E-state index contributed by atoms with van der Waals surface area (Å²) in [5.41, 5.74) is 13.0. The molecule has 0 spiro atoms. The number of H-pyrrole nitrogens is 2. The Morgan fingerprint density at radius 1 is 0.746 bits per heavy atom. The van der Waals surface area contributed by atoms with Crippen molar-refractivity contribution in [2.24, 2.45) is 11.7 Å². The molecule has 5 heterocycles. The van der Waals surface area contributed by atoms with Crippen LogP contribution < -0.4 is 11.1 Å². The maximum absolute atomic E-state index is 13.7. The fraction of sp³-hybridized carbons (Fsp3) is 0.311. The summed E-state index contributed by atoms with van der Waals surface area (Å²) in [6, 6.07) is 28.4. The largest absolute Gasteiger partial charge is 0.453 e. The van der Waals surface area contributed by atoms with Gasteiger partial charge in [0.1, 0.15) is 29.8 Å². The van der Waals surface area contributed by atoms with Gasteiger partial charge in [-0.3, -0.25) is 9.59 Å². The summed E-state index contributed by atoms with van der Waals surface area (Å²) in [5, 5.41) is 4.92. The molecule has 3 aliphatic rings. The minimum absolute atomic E-state index is 0.0935. The highest BCUT2D eigenvalue weighted by atomic mass is 16.5. The van der Waals surface area contributed by atoms with Crippen LogP contribution in [0.3, 0.4) is 0 Å². The summed E-state index contributed by atoms with van der Waals surface area (Å²) in [5.74, 6) is 0.987. The van der Waals surface area contributed by atoms with Crippen molar-refractivity contribution in [3.05, 3.63) is 121 Å². The third kappa shape index (κ3) is 7.69. The average Bonchev–Trinajstić information content (AvgIpc) is 4.07. The van der Waals surface area contributed by atoms with E-state index < -0.39 is 18.2 Å². The van der Waals surface area contributed by atoms with Crippen molar-refractivity contribution in [1.29, 1.82) is 0 Å². The molecule has 0 aliphatic carbocycles. The Morgan fingerprint density at radius 2 is 1.37 bits per heavy atom. The topological polar surface area (TPSA) is 181 Å². The van der Waals surface area contributed by atoms with Crippen LogP contribution in [-0.4, -0.2) is 100 Å². The van der Waals surface area contributed by atoms with E-state index in [-0.39, 0.29) is 29.8 Å². The number of rotatable bonds is 10. The zero-order valence-electron chi connectivity index (χ0n) is 32.7. The number of aromatic nitrogens is 4. The Morgan fingerprint density at radius 3 is 2.07 bits per heavy atom. The molecule has 3 saturated heterocycles. The van der Waals surface area contributed by atoms with Gasteiger partial charge in [0.05, 0.1) is 63.4 Å². The lowest BCUT2D eigenvalue weighted by Gasteiger charge is -2.36. The average molecular weight is 795 g/mol. The molecule has 0 unspecified atom stereocenters. The number of morpholine rings is 1. The standard InChI is InChI=1S/C45H46N8O6/c1-57-45(56)51-40(34-24-59-25-34)44(55)52-17-5-8-37(52)41-47-23-36(50-41)33-16-15-31-20-30(13-14-32(31)21-33)27-9-11-28(12-10-27)35-22-48-42(49-35)38-26-58-19-18-53(38)43(54)39(46)29-6-3-2-4-7-29/h2-4,6-7,9-16,20-23,34,37-40H,5,8,17-19,24-26,46H2,1H3,(H,47,50)(H,48,49)(H,51,56)/t37-,38-,39+,40-/m0/s1. The molecule has 6 aromatic rings. The lowest BCUT2D eigenvalue weighted by atomic mass is 9.96. The molecule has 4 aromatic carbocycles. The highest BCUT2D eigenvalue weighted by Gasteiger charge is 2.42. The number of likely N-dealkylation sites (tertiary alicyclic amines) is 1. The molecule has 3 aliphatic heterocycles. The summed E-state index contributed by atoms with van der Waals surface area (Å²) in [6.45, 7) is 2.64. The minimum Gasteiger partial charge on any atom is -0.453 e. The number of hydrogen-bond donors (Lipinski definition) is 4. The fourth-order valence-electron chi connectivity index (χ4n) is 8.32. The monoisotopic (exact) mass is 794 g/mol. The SMILES string of the molecule is COC(=O)N[C@H](C(=O)N1CCC[C@H]1c1ncc(-c2ccc3cc(-c4ccc(-c5cnc([C@@H]6COCCN6C(=O)[C@H](N)c6ccccc6)[nH]5)cc4)ccc3c2)[nH]1)C1COC1. The second-order valence-corrected chi connectivity index (χ2v) is 15.3. The number of carbonyl (C=O) groups is 3. The van der Waals surface area contributed by atoms with Crippen molar-refractivity contribution >= 4 is 28.7 Å². The zero-order chi connectivity index (χ0) is 40.5. The molecule has 0 saturated carbocycles. The first kappa shape index (κ1) is 38.2. The predicted molar refractivity (Wildman–Crippen MR) is 221 cm³/mol. The highest BCUT2D eigenvalue weighted by Crippen LogP contribution is 2.35.